The highest BCUT2D eigenvalue weighted by atomic mass is 16.2. The maximum Gasteiger partial charge on any atom is 0.241 e. The number of hydrogen-bond donors (Lipinski definition) is 1. The predicted molar refractivity (Wildman–Crippen MR) is 123 cm³/mol. The first-order chi connectivity index (χ1) is 15.0. The normalized spacial score (nSPS) is 18.7. The lowest BCUT2D eigenvalue weighted by molar-refractivity contribution is -0.135. The average Bonchev–Trinajstić information content (AvgIpc) is 3.34. The molecule has 2 aliphatic rings. The zero-order valence-corrected chi connectivity index (χ0v) is 19.1. The summed E-state index contributed by atoms with van der Waals surface area (Å²) in [5.74, 6) is 1.01. The monoisotopic (exact) mass is 428 g/mol. The predicted octanol–water partition coefficient (Wildman–Crippen LogP) is 0.849. The molecule has 170 valence electrons. The standard InChI is InChI=1S/C23H36N6O2/c1-19(22(31)28-11-7-8-12-28)27-13-15-29(16-14-27)23(25-18-21(30)26(2)3)24-17-20-9-5-4-6-10-20/h4-6,9-10,19H,7-8,11-18H2,1-3H3,(H,24,25). The van der Waals surface area contributed by atoms with Gasteiger partial charge in [0.05, 0.1) is 19.1 Å². The number of likely N-dealkylation sites (tertiary alicyclic amines) is 1. The molecule has 2 amide bonds. The lowest BCUT2D eigenvalue weighted by Crippen LogP contribution is -2.57. The number of likely N-dealkylation sites (N-methyl/N-ethyl adjacent to an activating group) is 1. The Kier molecular flexibility index (Phi) is 8.28. The van der Waals surface area contributed by atoms with Gasteiger partial charge in [0, 0.05) is 53.4 Å². The Morgan fingerprint density at radius 2 is 1.65 bits per heavy atom. The summed E-state index contributed by atoms with van der Waals surface area (Å²) in [5, 5.41) is 3.24. The van der Waals surface area contributed by atoms with Crippen LogP contribution in [0.25, 0.3) is 0 Å². The molecule has 2 aliphatic heterocycles. The minimum Gasteiger partial charge on any atom is -0.347 e. The van der Waals surface area contributed by atoms with Gasteiger partial charge in [-0.15, -0.1) is 0 Å². The van der Waals surface area contributed by atoms with Crippen molar-refractivity contribution in [1.82, 2.24) is 24.9 Å². The number of piperazine rings is 1. The van der Waals surface area contributed by atoms with Crippen LogP contribution in [0.1, 0.15) is 25.3 Å². The van der Waals surface area contributed by atoms with Crippen LogP contribution in [-0.2, 0) is 16.1 Å². The van der Waals surface area contributed by atoms with Gasteiger partial charge >= 0.3 is 0 Å². The Bertz CT molecular complexity index is 753. The van der Waals surface area contributed by atoms with Crippen LogP contribution in [-0.4, -0.2) is 103 Å². The van der Waals surface area contributed by atoms with Crippen molar-refractivity contribution in [1.29, 1.82) is 0 Å². The summed E-state index contributed by atoms with van der Waals surface area (Å²) in [7, 11) is 3.50. The summed E-state index contributed by atoms with van der Waals surface area (Å²) in [6, 6.07) is 10.0. The van der Waals surface area contributed by atoms with E-state index in [9.17, 15) is 9.59 Å². The zero-order valence-electron chi connectivity index (χ0n) is 19.1. The van der Waals surface area contributed by atoms with Crippen LogP contribution in [0.5, 0.6) is 0 Å². The van der Waals surface area contributed by atoms with Crippen LogP contribution in [0.2, 0.25) is 0 Å². The molecule has 0 aromatic heterocycles. The molecule has 1 aromatic rings. The largest absolute Gasteiger partial charge is 0.347 e. The molecule has 1 atom stereocenters. The third-order valence-corrected chi connectivity index (χ3v) is 6.09. The summed E-state index contributed by atoms with van der Waals surface area (Å²) >= 11 is 0. The van der Waals surface area contributed by atoms with E-state index in [1.54, 1.807) is 19.0 Å². The average molecular weight is 429 g/mol. The van der Waals surface area contributed by atoms with Gasteiger partial charge in [0.25, 0.3) is 0 Å². The molecule has 0 saturated carbocycles. The first kappa shape index (κ1) is 23.1. The number of guanidine groups is 1. The van der Waals surface area contributed by atoms with Gasteiger partial charge in [-0.05, 0) is 25.3 Å². The van der Waals surface area contributed by atoms with E-state index in [2.05, 4.69) is 27.2 Å². The summed E-state index contributed by atoms with van der Waals surface area (Å²) < 4.78 is 0. The molecule has 0 radical (unpaired) electrons. The Labute approximate surface area is 185 Å². The first-order valence-electron chi connectivity index (χ1n) is 11.3. The number of nitrogens with zero attached hydrogens (tertiary/aromatic N) is 5. The smallest absolute Gasteiger partial charge is 0.241 e. The van der Waals surface area contributed by atoms with E-state index in [0.29, 0.717) is 6.54 Å². The van der Waals surface area contributed by atoms with Gasteiger partial charge in [-0.1, -0.05) is 30.3 Å². The molecule has 1 aromatic carbocycles. The van der Waals surface area contributed by atoms with E-state index in [4.69, 9.17) is 4.99 Å². The highest BCUT2D eigenvalue weighted by Gasteiger charge is 2.30. The fourth-order valence-corrected chi connectivity index (χ4v) is 4.01. The molecule has 31 heavy (non-hydrogen) atoms. The maximum atomic E-state index is 12.8. The van der Waals surface area contributed by atoms with E-state index < -0.39 is 0 Å². The Morgan fingerprint density at radius 1 is 1.00 bits per heavy atom. The number of carbonyl (C=O) groups excluding carboxylic acids is 2. The molecule has 2 fully saturated rings. The lowest BCUT2D eigenvalue weighted by Gasteiger charge is -2.39. The van der Waals surface area contributed by atoms with Gasteiger partial charge < -0.3 is 20.0 Å². The van der Waals surface area contributed by atoms with E-state index >= 15 is 0 Å². The van der Waals surface area contributed by atoms with Crippen LogP contribution < -0.4 is 5.32 Å². The van der Waals surface area contributed by atoms with Crippen LogP contribution in [0.3, 0.4) is 0 Å². The van der Waals surface area contributed by atoms with E-state index in [1.165, 1.54) is 0 Å². The summed E-state index contributed by atoms with van der Waals surface area (Å²) in [5.41, 5.74) is 1.13. The van der Waals surface area contributed by atoms with Gasteiger partial charge in [0.2, 0.25) is 11.8 Å². The van der Waals surface area contributed by atoms with E-state index in [0.717, 1.165) is 63.6 Å². The number of aliphatic imine (C=N–C) groups is 1. The van der Waals surface area contributed by atoms with Crippen LogP contribution in [0.15, 0.2) is 35.3 Å². The Morgan fingerprint density at radius 3 is 2.26 bits per heavy atom. The van der Waals surface area contributed by atoms with Crippen molar-refractivity contribution in [2.45, 2.75) is 32.4 Å². The highest BCUT2D eigenvalue weighted by Crippen LogP contribution is 2.14. The van der Waals surface area contributed by atoms with Crippen molar-refractivity contribution in [3.8, 4) is 0 Å². The topological polar surface area (TPSA) is 71.5 Å². The molecule has 2 heterocycles. The SMILES string of the molecule is CC(C(=O)N1CCCC1)N1CCN(C(=NCc2ccccc2)NCC(=O)N(C)C)CC1. The minimum atomic E-state index is -0.0896. The number of benzene rings is 1. The third kappa shape index (κ3) is 6.43. The van der Waals surface area contributed by atoms with Crippen molar-refractivity contribution in [2.24, 2.45) is 4.99 Å². The molecule has 0 spiro atoms. The number of rotatable bonds is 6. The molecule has 1 unspecified atom stereocenters. The zero-order chi connectivity index (χ0) is 22.2. The van der Waals surface area contributed by atoms with Crippen molar-refractivity contribution < 1.29 is 9.59 Å². The Hall–Kier alpha value is -2.61. The minimum absolute atomic E-state index is 0.0101. The second-order valence-electron chi connectivity index (χ2n) is 8.50. The van der Waals surface area contributed by atoms with Crippen molar-refractivity contribution in [3.63, 3.8) is 0 Å². The molecular formula is C23H36N6O2. The number of hydrogen-bond acceptors (Lipinski definition) is 4. The fraction of sp³-hybridized carbons (Fsp3) is 0.609. The molecule has 3 rings (SSSR count). The lowest BCUT2D eigenvalue weighted by atomic mass is 10.2. The van der Waals surface area contributed by atoms with Gasteiger partial charge in [-0.3, -0.25) is 14.5 Å². The van der Waals surface area contributed by atoms with Gasteiger partial charge in [-0.25, -0.2) is 4.99 Å². The van der Waals surface area contributed by atoms with Crippen LogP contribution in [0, 0.1) is 0 Å². The number of nitrogens with one attached hydrogen (secondary N) is 1. The van der Waals surface area contributed by atoms with Crippen molar-refractivity contribution in [3.05, 3.63) is 35.9 Å². The molecule has 8 heteroatoms. The number of carbonyl (C=O) groups is 2. The molecule has 8 nitrogen and oxygen atoms in total. The fourth-order valence-electron chi connectivity index (χ4n) is 4.01. The van der Waals surface area contributed by atoms with Gasteiger partial charge in [0.15, 0.2) is 5.96 Å². The highest BCUT2D eigenvalue weighted by molar-refractivity contribution is 5.86. The second kappa shape index (κ2) is 11.1. The second-order valence-corrected chi connectivity index (χ2v) is 8.50. The van der Waals surface area contributed by atoms with Crippen LogP contribution in [0.4, 0.5) is 0 Å². The van der Waals surface area contributed by atoms with E-state index in [-0.39, 0.29) is 24.4 Å². The number of amides is 2. The molecular weight excluding hydrogens is 392 g/mol. The maximum absolute atomic E-state index is 12.8. The van der Waals surface area contributed by atoms with Gasteiger partial charge in [-0.2, -0.15) is 0 Å². The van der Waals surface area contributed by atoms with E-state index in [1.807, 2.05) is 30.0 Å². The van der Waals surface area contributed by atoms with Crippen LogP contribution >= 0.6 is 0 Å². The van der Waals surface area contributed by atoms with Crippen molar-refractivity contribution in [2.75, 3.05) is 59.9 Å². The quantitative estimate of drug-likeness (QED) is 0.537. The summed E-state index contributed by atoms with van der Waals surface area (Å²) in [6.07, 6.45) is 2.23. The van der Waals surface area contributed by atoms with Gasteiger partial charge in [0.1, 0.15) is 0 Å². The molecule has 2 saturated heterocycles. The molecule has 1 N–H and O–H groups in total. The molecule has 0 aliphatic carbocycles. The Balaban J connectivity index is 1.60. The first-order valence-corrected chi connectivity index (χ1v) is 11.3. The molecule has 0 bridgehead atoms. The summed E-state index contributed by atoms with van der Waals surface area (Å²) in [6.45, 7) is 7.72. The summed E-state index contributed by atoms with van der Waals surface area (Å²) in [4.78, 5) is 37.6. The van der Waals surface area contributed by atoms with Crippen molar-refractivity contribution >= 4 is 17.8 Å². The third-order valence-electron chi connectivity index (χ3n) is 6.09.